The van der Waals surface area contributed by atoms with Crippen molar-refractivity contribution < 1.29 is 13.9 Å². The minimum atomic E-state index is -0.696. The summed E-state index contributed by atoms with van der Waals surface area (Å²) in [5.74, 6) is -0.0524. The fourth-order valence-electron chi connectivity index (χ4n) is 2.87. The number of carbonyl (C=O) groups excluding carboxylic acids is 1. The lowest BCUT2D eigenvalue weighted by molar-refractivity contribution is 0.0631. The molecule has 132 valence electrons. The number of benzene rings is 1. The molecule has 2 aromatic rings. The van der Waals surface area contributed by atoms with Gasteiger partial charge in [0.1, 0.15) is 17.1 Å². The molecule has 0 aliphatic carbocycles. The molecule has 1 aromatic heterocycles. The van der Waals surface area contributed by atoms with E-state index in [1.165, 1.54) is 12.1 Å². The van der Waals surface area contributed by atoms with Gasteiger partial charge in [0.05, 0.1) is 6.61 Å². The fraction of sp³-hybridized carbons (Fsp3) is 0.353. The number of piperidine rings is 1. The summed E-state index contributed by atoms with van der Waals surface area (Å²) in [6.07, 6.45) is 2.83. The molecule has 1 aliphatic heterocycles. The summed E-state index contributed by atoms with van der Waals surface area (Å²) in [4.78, 5) is 41.3. The van der Waals surface area contributed by atoms with Crippen molar-refractivity contribution >= 4 is 5.91 Å². The van der Waals surface area contributed by atoms with Gasteiger partial charge in [-0.25, -0.2) is 9.18 Å². The topological polar surface area (TPSA) is 95.3 Å². The van der Waals surface area contributed by atoms with E-state index in [4.69, 9.17) is 4.74 Å². The van der Waals surface area contributed by atoms with Gasteiger partial charge >= 0.3 is 5.69 Å². The van der Waals surface area contributed by atoms with Gasteiger partial charge in [-0.15, -0.1) is 0 Å². The number of hydrogen-bond acceptors (Lipinski definition) is 4. The number of halogens is 1. The molecular weight excluding hydrogens is 329 g/mol. The Hall–Kier alpha value is -2.90. The lowest BCUT2D eigenvalue weighted by Crippen LogP contribution is -2.44. The number of ether oxygens (including phenoxy) is 1. The number of aromatic amines is 2. The quantitative estimate of drug-likeness (QED) is 0.867. The van der Waals surface area contributed by atoms with Crippen LogP contribution in [0.4, 0.5) is 4.39 Å². The lowest BCUT2D eigenvalue weighted by atomic mass is 9.98. The van der Waals surface area contributed by atoms with Crippen LogP contribution in [0.25, 0.3) is 0 Å². The molecular formula is C17H18FN3O4. The zero-order valence-corrected chi connectivity index (χ0v) is 13.5. The maximum absolute atomic E-state index is 12.9. The molecule has 7 nitrogen and oxygen atoms in total. The number of amides is 1. The largest absolute Gasteiger partial charge is 0.493 e. The van der Waals surface area contributed by atoms with Gasteiger partial charge in [0, 0.05) is 25.2 Å². The minimum absolute atomic E-state index is 0.0836. The first-order valence-electron chi connectivity index (χ1n) is 8.02. The number of hydrogen-bond donors (Lipinski definition) is 2. The Labute approximate surface area is 142 Å². The first-order valence-corrected chi connectivity index (χ1v) is 8.02. The van der Waals surface area contributed by atoms with E-state index in [-0.39, 0.29) is 17.3 Å². The Morgan fingerprint density at radius 3 is 2.76 bits per heavy atom. The first-order chi connectivity index (χ1) is 12.0. The van der Waals surface area contributed by atoms with Gasteiger partial charge in [-0.2, -0.15) is 0 Å². The van der Waals surface area contributed by atoms with E-state index in [9.17, 15) is 18.8 Å². The highest BCUT2D eigenvalue weighted by Gasteiger charge is 2.26. The molecule has 0 unspecified atom stereocenters. The third-order valence-electron chi connectivity index (χ3n) is 4.16. The molecule has 1 aromatic carbocycles. The molecule has 0 radical (unpaired) electrons. The normalized spacial score (nSPS) is 17.3. The van der Waals surface area contributed by atoms with Crippen LogP contribution in [0.1, 0.15) is 23.2 Å². The van der Waals surface area contributed by atoms with Crippen LogP contribution in [0, 0.1) is 11.7 Å². The monoisotopic (exact) mass is 347 g/mol. The fourth-order valence-corrected chi connectivity index (χ4v) is 2.87. The standard InChI is InChI=1S/C17H18FN3O4/c18-12-3-5-13(6-4-12)25-10-11-2-1-7-21(9-11)16(23)14-8-19-17(24)20-15(14)22/h3-6,8,11H,1-2,7,9-10H2,(H2,19,20,22,24)/t11-/m1/s1. The maximum atomic E-state index is 12.9. The Morgan fingerprint density at radius 2 is 2.04 bits per heavy atom. The highest BCUT2D eigenvalue weighted by atomic mass is 19.1. The van der Waals surface area contributed by atoms with Crippen LogP contribution in [0.3, 0.4) is 0 Å². The SMILES string of the molecule is O=C(c1c[nH]c(=O)[nH]c1=O)N1CCC[C@@H](COc2ccc(F)cc2)C1. The van der Waals surface area contributed by atoms with E-state index >= 15 is 0 Å². The van der Waals surface area contributed by atoms with Gasteiger partial charge in [0.15, 0.2) is 0 Å². The van der Waals surface area contributed by atoms with Crippen molar-refractivity contribution in [3.63, 3.8) is 0 Å². The summed E-state index contributed by atoms with van der Waals surface area (Å²) in [5.41, 5.74) is -1.43. The molecule has 1 atom stereocenters. The van der Waals surface area contributed by atoms with Crippen LogP contribution in [0.2, 0.25) is 0 Å². The highest BCUT2D eigenvalue weighted by Crippen LogP contribution is 2.20. The zero-order valence-electron chi connectivity index (χ0n) is 13.5. The Morgan fingerprint density at radius 1 is 1.28 bits per heavy atom. The number of likely N-dealkylation sites (tertiary alicyclic amines) is 1. The second-order valence-corrected chi connectivity index (χ2v) is 6.01. The molecule has 2 heterocycles. The predicted molar refractivity (Wildman–Crippen MR) is 88.2 cm³/mol. The Kier molecular flexibility index (Phi) is 4.97. The second-order valence-electron chi connectivity index (χ2n) is 6.01. The van der Waals surface area contributed by atoms with E-state index in [1.54, 1.807) is 17.0 Å². The van der Waals surface area contributed by atoms with Gasteiger partial charge in [0.25, 0.3) is 11.5 Å². The van der Waals surface area contributed by atoms with Crippen molar-refractivity contribution in [3.05, 3.63) is 62.7 Å². The molecule has 0 saturated carbocycles. The summed E-state index contributed by atoms with van der Waals surface area (Å²) in [7, 11) is 0. The summed E-state index contributed by atoms with van der Waals surface area (Å²) >= 11 is 0. The second kappa shape index (κ2) is 7.33. The third-order valence-corrected chi connectivity index (χ3v) is 4.16. The van der Waals surface area contributed by atoms with Gasteiger partial charge < -0.3 is 14.6 Å². The molecule has 0 bridgehead atoms. The van der Waals surface area contributed by atoms with E-state index in [2.05, 4.69) is 9.97 Å². The number of nitrogens with one attached hydrogen (secondary N) is 2. The average Bonchev–Trinajstić information content (AvgIpc) is 2.61. The Balaban J connectivity index is 1.62. The molecule has 1 saturated heterocycles. The van der Waals surface area contributed by atoms with Crippen molar-refractivity contribution in [2.45, 2.75) is 12.8 Å². The molecule has 1 amide bonds. The minimum Gasteiger partial charge on any atom is -0.493 e. The summed E-state index contributed by atoms with van der Waals surface area (Å²) in [5, 5.41) is 0. The smallest absolute Gasteiger partial charge is 0.325 e. The Bertz CT molecular complexity index is 859. The number of rotatable bonds is 4. The van der Waals surface area contributed by atoms with Crippen molar-refractivity contribution in [2.75, 3.05) is 19.7 Å². The van der Waals surface area contributed by atoms with E-state index in [0.717, 1.165) is 19.0 Å². The van der Waals surface area contributed by atoms with Crippen LogP contribution in [0.5, 0.6) is 5.75 Å². The average molecular weight is 347 g/mol. The van der Waals surface area contributed by atoms with E-state index < -0.39 is 17.2 Å². The van der Waals surface area contributed by atoms with Crippen molar-refractivity contribution in [3.8, 4) is 5.75 Å². The summed E-state index contributed by atoms with van der Waals surface area (Å²) in [6, 6.07) is 5.77. The number of aromatic nitrogens is 2. The van der Waals surface area contributed by atoms with Crippen LogP contribution in [-0.2, 0) is 0 Å². The predicted octanol–water partition coefficient (Wildman–Crippen LogP) is 1.13. The summed E-state index contributed by atoms with van der Waals surface area (Å²) < 4.78 is 18.5. The van der Waals surface area contributed by atoms with Crippen LogP contribution >= 0.6 is 0 Å². The van der Waals surface area contributed by atoms with Gasteiger partial charge in [0.2, 0.25) is 0 Å². The van der Waals surface area contributed by atoms with Crippen LogP contribution in [0.15, 0.2) is 40.1 Å². The molecule has 3 rings (SSSR count). The van der Waals surface area contributed by atoms with Crippen molar-refractivity contribution in [2.24, 2.45) is 5.92 Å². The molecule has 1 aliphatic rings. The van der Waals surface area contributed by atoms with Gasteiger partial charge in [-0.1, -0.05) is 0 Å². The van der Waals surface area contributed by atoms with Crippen molar-refractivity contribution in [1.82, 2.24) is 14.9 Å². The molecule has 8 heteroatoms. The summed E-state index contributed by atoms with van der Waals surface area (Å²) in [6.45, 7) is 1.40. The third kappa shape index (κ3) is 4.14. The van der Waals surface area contributed by atoms with E-state index in [1.807, 2.05) is 0 Å². The first kappa shape index (κ1) is 16.9. The zero-order chi connectivity index (χ0) is 17.8. The van der Waals surface area contributed by atoms with Gasteiger partial charge in [-0.05, 0) is 37.1 Å². The highest BCUT2D eigenvalue weighted by molar-refractivity contribution is 5.93. The van der Waals surface area contributed by atoms with Gasteiger partial charge in [-0.3, -0.25) is 14.6 Å². The molecule has 0 spiro atoms. The maximum Gasteiger partial charge on any atom is 0.325 e. The van der Waals surface area contributed by atoms with Crippen LogP contribution < -0.4 is 16.0 Å². The number of H-pyrrole nitrogens is 2. The van der Waals surface area contributed by atoms with Crippen LogP contribution in [-0.4, -0.2) is 40.5 Å². The number of carbonyl (C=O) groups is 1. The molecule has 2 N–H and O–H groups in total. The molecule has 1 fully saturated rings. The lowest BCUT2D eigenvalue weighted by Gasteiger charge is -2.32. The van der Waals surface area contributed by atoms with Crippen molar-refractivity contribution in [1.29, 1.82) is 0 Å². The van der Waals surface area contributed by atoms with E-state index in [0.29, 0.717) is 25.4 Å². The number of nitrogens with zero attached hydrogens (tertiary/aromatic N) is 1. The molecule has 25 heavy (non-hydrogen) atoms.